The lowest BCUT2D eigenvalue weighted by Gasteiger charge is -2.26. The molecule has 0 aromatic carbocycles. The molecule has 1 aromatic rings. The molecule has 4 N–H and O–H groups in total. The van der Waals surface area contributed by atoms with Gasteiger partial charge in [0.2, 0.25) is 5.95 Å². The molecule has 1 aromatic heterocycles. The third kappa shape index (κ3) is 2.18. The molecule has 0 saturated carbocycles. The van der Waals surface area contributed by atoms with E-state index < -0.39 is 0 Å². The lowest BCUT2D eigenvalue weighted by atomic mass is 10.1. The molecule has 2 heterocycles. The summed E-state index contributed by atoms with van der Waals surface area (Å²) in [6.07, 6.45) is 5.45. The molecular formula is C10H17N5. The molecule has 2 rings (SSSR count). The lowest BCUT2D eigenvalue weighted by Crippen LogP contribution is -2.31. The second kappa shape index (κ2) is 4.44. The van der Waals surface area contributed by atoms with Gasteiger partial charge in [0.15, 0.2) is 0 Å². The Morgan fingerprint density at radius 1 is 1.27 bits per heavy atom. The summed E-state index contributed by atoms with van der Waals surface area (Å²) in [5.74, 6) is 1.25. The van der Waals surface area contributed by atoms with E-state index in [2.05, 4.69) is 14.9 Å². The van der Waals surface area contributed by atoms with Crippen molar-refractivity contribution in [3.8, 4) is 0 Å². The first-order valence-electron chi connectivity index (χ1n) is 5.37. The number of anilines is 2. The van der Waals surface area contributed by atoms with E-state index in [1.807, 2.05) is 0 Å². The number of nitrogen functional groups attached to an aromatic ring is 1. The minimum absolute atomic E-state index is 0.395. The van der Waals surface area contributed by atoms with Gasteiger partial charge in [-0.1, -0.05) is 0 Å². The van der Waals surface area contributed by atoms with Gasteiger partial charge in [-0.25, -0.2) is 4.98 Å². The quantitative estimate of drug-likeness (QED) is 0.738. The maximum absolute atomic E-state index is 5.78. The van der Waals surface area contributed by atoms with Crippen molar-refractivity contribution in [1.82, 2.24) is 9.97 Å². The second-order valence-electron chi connectivity index (χ2n) is 3.83. The molecule has 0 atom stereocenters. The molecule has 1 aliphatic heterocycles. The lowest BCUT2D eigenvalue weighted by molar-refractivity contribution is 0.568. The van der Waals surface area contributed by atoms with Crippen molar-refractivity contribution in [1.29, 1.82) is 0 Å². The van der Waals surface area contributed by atoms with Crippen LogP contribution in [-0.4, -0.2) is 23.1 Å². The molecule has 0 spiro atoms. The van der Waals surface area contributed by atoms with Crippen molar-refractivity contribution < 1.29 is 0 Å². The Hall–Kier alpha value is -1.36. The minimum atomic E-state index is 0.395. The number of aromatic nitrogens is 2. The first-order valence-corrected chi connectivity index (χ1v) is 5.37. The average Bonchev–Trinajstić information content (AvgIpc) is 2.30. The Kier molecular flexibility index (Phi) is 3.01. The number of hydrogen-bond donors (Lipinski definition) is 2. The molecular weight excluding hydrogens is 190 g/mol. The maximum atomic E-state index is 5.78. The number of piperidine rings is 1. The van der Waals surface area contributed by atoms with Crippen LogP contribution in [0.3, 0.4) is 0 Å². The van der Waals surface area contributed by atoms with Crippen LogP contribution in [-0.2, 0) is 6.54 Å². The van der Waals surface area contributed by atoms with E-state index in [0.717, 1.165) is 24.6 Å². The van der Waals surface area contributed by atoms with Gasteiger partial charge in [-0.05, 0) is 19.3 Å². The van der Waals surface area contributed by atoms with E-state index in [1.54, 1.807) is 6.20 Å². The van der Waals surface area contributed by atoms with Crippen molar-refractivity contribution in [2.24, 2.45) is 5.73 Å². The van der Waals surface area contributed by atoms with Crippen molar-refractivity contribution in [3.63, 3.8) is 0 Å². The summed E-state index contributed by atoms with van der Waals surface area (Å²) in [6, 6.07) is 0. The van der Waals surface area contributed by atoms with Gasteiger partial charge >= 0.3 is 0 Å². The fourth-order valence-corrected chi connectivity index (χ4v) is 1.81. The first kappa shape index (κ1) is 10.2. The van der Waals surface area contributed by atoms with Gasteiger partial charge in [0.1, 0.15) is 5.82 Å². The number of nitrogens with zero attached hydrogens (tertiary/aromatic N) is 3. The summed E-state index contributed by atoms with van der Waals surface area (Å²) in [5.41, 5.74) is 12.1. The monoisotopic (exact) mass is 207 g/mol. The molecule has 82 valence electrons. The summed E-state index contributed by atoms with van der Waals surface area (Å²) in [4.78, 5) is 10.7. The molecule has 5 nitrogen and oxygen atoms in total. The SMILES string of the molecule is NCc1cnc(N2CCCCC2)nc1N. The molecule has 0 unspecified atom stereocenters. The highest BCUT2D eigenvalue weighted by molar-refractivity contribution is 5.44. The number of nitrogens with two attached hydrogens (primary N) is 2. The highest BCUT2D eigenvalue weighted by Crippen LogP contribution is 2.17. The van der Waals surface area contributed by atoms with Crippen LogP contribution in [0.5, 0.6) is 0 Å². The smallest absolute Gasteiger partial charge is 0.227 e. The molecule has 0 amide bonds. The van der Waals surface area contributed by atoms with E-state index >= 15 is 0 Å². The third-order valence-electron chi connectivity index (χ3n) is 2.74. The van der Waals surface area contributed by atoms with Crippen LogP contribution in [0, 0.1) is 0 Å². The van der Waals surface area contributed by atoms with E-state index in [0.29, 0.717) is 12.4 Å². The standard InChI is InChI=1S/C10H17N5/c11-6-8-7-13-10(14-9(8)12)15-4-2-1-3-5-15/h7H,1-6,11H2,(H2,12,13,14). The van der Waals surface area contributed by atoms with E-state index in [-0.39, 0.29) is 0 Å². The molecule has 15 heavy (non-hydrogen) atoms. The first-order chi connectivity index (χ1) is 7.31. The Bertz CT molecular complexity index is 333. The van der Waals surface area contributed by atoms with Crippen LogP contribution < -0.4 is 16.4 Å². The van der Waals surface area contributed by atoms with Crippen LogP contribution in [0.25, 0.3) is 0 Å². The largest absolute Gasteiger partial charge is 0.383 e. The summed E-state index contributed by atoms with van der Waals surface area (Å²) in [5, 5.41) is 0. The average molecular weight is 207 g/mol. The summed E-state index contributed by atoms with van der Waals surface area (Å²) < 4.78 is 0. The fourth-order valence-electron chi connectivity index (χ4n) is 1.81. The van der Waals surface area contributed by atoms with Crippen LogP contribution in [0.15, 0.2) is 6.20 Å². The fraction of sp³-hybridized carbons (Fsp3) is 0.600. The van der Waals surface area contributed by atoms with Gasteiger partial charge in [-0.15, -0.1) is 0 Å². The molecule has 5 heteroatoms. The zero-order valence-corrected chi connectivity index (χ0v) is 8.82. The van der Waals surface area contributed by atoms with Crippen molar-refractivity contribution in [3.05, 3.63) is 11.8 Å². The highest BCUT2D eigenvalue weighted by Gasteiger charge is 2.14. The molecule has 0 bridgehead atoms. The van der Waals surface area contributed by atoms with Gasteiger partial charge in [-0.3, -0.25) is 0 Å². The van der Waals surface area contributed by atoms with Gasteiger partial charge in [-0.2, -0.15) is 4.98 Å². The van der Waals surface area contributed by atoms with Crippen molar-refractivity contribution in [2.75, 3.05) is 23.7 Å². The minimum Gasteiger partial charge on any atom is -0.383 e. The zero-order chi connectivity index (χ0) is 10.7. The van der Waals surface area contributed by atoms with Gasteiger partial charge in [0.25, 0.3) is 0 Å². The van der Waals surface area contributed by atoms with Gasteiger partial charge in [0, 0.05) is 31.4 Å². The molecule has 0 aliphatic carbocycles. The molecule has 1 fully saturated rings. The molecule has 1 aliphatic rings. The van der Waals surface area contributed by atoms with E-state index in [4.69, 9.17) is 11.5 Å². The Balaban J connectivity index is 2.17. The molecule has 1 saturated heterocycles. The molecule has 0 radical (unpaired) electrons. The summed E-state index contributed by atoms with van der Waals surface area (Å²) >= 11 is 0. The maximum Gasteiger partial charge on any atom is 0.227 e. The summed E-state index contributed by atoms with van der Waals surface area (Å²) in [7, 11) is 0. The number of rotatable bonds is 2. The van der Waals surface area contributed by atoms with Gasteiger partial charge in [0.05, 0.1) is 0 Å². The van der Waals surface area contributed by atoms with E-state index in [1.165, 1.54) is 19.3 Å². The third-order valence-corrected chi connectivity index (χ3v) is 2.74. The Labute approximate surface area is 89.5 Å². The predicted octanol–water partition coefficient (Wildman–Crippen LogP) is 0.508. The van der Waals surface area contributed by atoms with Crippen LogP contribution >= 0.6 is 0 Å². The highest BCUT2D eigenvalue weighted by atomic mass is 15.3. The van der Waals surface area contributed by atoms with Gasteiger partial charge < -0.3 is 16.4 Å². The van der Waals surface area contributed by atoms with Crippen LogP contribution in [0.2, 0.25) is 0 Å². The summed E-state index contributed by atoms with van der Waals surface area (Å²) in [6.45, 7) is 2.45. The van der Waals surface area contributed by atoms with Crippen LogP contribution in [0.1, 0.15) is 24.8 Å². The van der Waals surface area contributed by atoms with E-state index in [9.17, 15) is 0 Å². The van der Waals surface area contributed by atoms with Crippen molar-refractivity contribution in [2.45, 2.75) is 25.8 Å². The van der Waals surface area contributed by atoms with Crippen LogP contribution in [0.4, 0.5) is 11.8 Å². The topological polar surface area (TPSA) is 81.1 Å². The van der Waals surface area contributed by atoms with Crippen molar-refractivity contribution >= 4 is 11.8 Å². The zero-order valence-electron chi connectivity index (χ0n) is 8.82. The Morgan fingerprint density at radius 2 is 2.00 bits per heavy atom. The predicted molar refractivity (Wildman–Crippen MR) is 60.4 cm³/mol. The second-order valence-corrected chi connectivity index (χ2v) is 3.83. The number of hydrogen-bond acceptors (Lipinski definition) is 5. The normalized spacial score (nSPS) is 16.7. The Morgan fingerprint density at radius 3 is 2.60 bits per heavy atom.